The van der Waals surface area contributed by atoms with E-state index in [-0.39, 0.29) is 17.8 Å². The van der Waals surface area contributed by atoms with Gasteiger partial charge in [0.2, 0.25) is 5.91 Å². The number of ether oxygens (including phenoxy) is 1. The number of hydrogen-bond donors (Lipinski definition) is 2. The minimum atomic E-state index is -0.297. The molecule has 1 amide bonds. The SMILES string of the molecule is O=C(CCOc1ccc(F)cc1)NC1CCNC1. The third-order valence-corrected chi connectivity index (χ3v) is 2.84. The van der Waals surface area contributed by atoms with Gasteiger partial charge in [-0.25, -0.2) is 4.39 Å². The number of amides is 1. The summed E-state index contributed by atoms with van der Waals surface area (Å²) in [6.07, 6.45) is 1.29. The van der Waals surface area contributed by atoms with Crippen molar-refractivity contribution in [2.24, 2.45) is 0 Å². The molecule has 2 N–H and O–H groups in total. The highest BCUT2D eigenvalue weighted by Gasteiger charge is 2.16. The Morgan fingerprint density at radius 3 is 2.89 bits per heavy atom. The lowest BCUT2D eigenvalue weighted by molar-refractivity contribution is -0.122. The second-order valence-corrected chi connectivity index (χ2v) is 4.31. The molecule has 1 aliphatic rings. The molecule has 0 radical (unpaired) electrons. The van der Waals surface area contributed by atoms with Crippen molar-refractivity contribution in [1.82, 2.24) is 10.6 Å². The van der Waals surface area contributed by atoms with Gasteiger partial charge in [-0.2, -0.15) is 0 Å². The summed E-state index contributed by atoms with van der Waals surface area (Å²) in [4.78, 5) is 11.6. The number of carbonyl (C=O) groups is 1. The predicted molar refractivity (Wildman–Crippen MR) is 65.9 cm³/mol. The van der Waals surface area contributed by atoms with Crippen LogP contribution in [-0.4, -0.2) is 31.6 Å². The molecule has 18 heavy (non-hydrogen) atoms. The zero-order valence-corrected chi connectivity index (χ0v) is 10.1. The van der Waals surface area contributed by atoms with Crippen molar-refractivity contribution >= 4 is 5.91 Å². The van der Waals surface area contributed by atoms with Gasteiger partial charge in [-0.3, -0.25) is 4.79 Å². The van der Waals surface area contributed by atoms with Crippen molar-refractivity contribution in [1.29, 1.82) is 0 Å². The van der Waals surface area contributed by atoms with Crippen molar-refractivity contribution in [2.45, 2.75) is 18.9 Å². The average molecular weight is 252 g/mol. The van der Waals surface area contributed by atoms with Crippen molar-refractivity contribution in [3.63, 3.8) is 0 Å². The summed E-state index contributed by atoms with van der Waals surface area (Å²) in [6.45, 7) is 2.10. The Hall–Kier alpha value is -1.62. The van der Waals surface area contributed by atoms with Gasteiger partial charge >= 0.3 is 0 Å². The largest absolute Gasteiger partial charge is 0.493 e. The molecule has 1 atom stereocenters. The first-order chi connectivity index (χ1) is 8.74. The van der Waals surface area contributed by atoms with E-state index in [0.29, 0.717) is 18.8 Å². The highest BCUT2D eigenvalue weighted by molar-refractivity contribution is 5.76. The summed E-state index contributed by atoms with van der Waals surface area (Å²) >= 11 is 0. The van der Waals surface area contributed by atoms with Gasteiger partial charge in [0.1, 0.15) is 11.6 Å². The van der Waals surface area contributed by atoms with E-state index in [1.807, 2.05) is 0 Å². The zero-order chi connectivity index (χ0) is 12.8. The topological polar surface area (TPSA) is 50.4 Å². The summed E-state index contributed by atoms with van der Waals surface area (Å²) in [5.41, 5.74) is 0. The molecule has 1 aromatic rings. The highest BCUT2D eigenvalue weighted by Crippen LogP contribution is 2.11. The van der Waals surface area contributed by atoms with Gasteiger partial charge in [0.15, 0.2) is 0 Å². The van der Waals surface area contributed by atoms with Gasteiger partial charge in [0.05, 0.1) is 13.0 Å². The molecule has 1 saturated heterocycles. The second kappa shape index (κ2) is 6.35. The molecule has 2 rings (SSSR count). The van der Waals surface area contributed by atoms with E-state index in [1.54, 1.807) is 12.1 Å². The van der Waals surface area contributed by atoms with Crippen LogP contribution in [0.25, 0.3) is 0 Å². The molecule has 0 aromatic heterocycles. The number of benzene rings is 1. The Kier molecular flexibility index (Phi) is 4.52. The lowest BCUT2D eigenvalue weighted by Gasteiger charge is -2.11. The molecule has 0 aliphatic carbocycles. The first kappa shape index (κ1) is 12.8. The highest BCUT2D eigenvalue weighted by atomic mass is 19.1. The smallest absolute Gasteiger partial charge is 0.223 e. The monoisotopic (exact) mass is 252 g/mol. The maximum atomic E-state index is 12.6. The van der Waals surface area contributed by atoms with Crippen LogP contribution < -0.4 is 15.4 Å². The van der Waals surface area contributed by atoms with Crippen LogP contribution >= 0.6 is 0 Å². The van der Waals surface area contributed by atoms with Crippen molar-refractivity contribution in [2.75, 3.05) is 19.7 Å². The van der Waals surface area contributed by atoms with Crippen LogP contribution in [0.15, 0.2) is 24.3 Å². The third-order valence-electron chi connectivity index (χ3n) is 2.84. The van der Waals surface area contributed by atoms with Crippen LogP contribution in [0.3, 0.4) is 0 Å². The van der Waals surface area contributed by atoms with E-state index in [0.717, 1.165) is 19.5 Å². The Morgan fingerprint density at radius 1 is 1.44 bits per heavy atom. The van der Waals surface area contributed by atoms with Gasteiger partial charge in [0.25, 0.3) is 0 Å². The summed E-state index contributed by atoms with van der Waals surface area (Å²) in [7, 11) is 0. The molecular weight excluding hydrogens is 235 g/mol. The lowest BCUT2D eigenvalue weighted by Crippen LogP contribution is -2.36. The first-order valence-electron chi connectivity index (χ1n) is 6.12. The van der Waals surface area contributed by atoms with Crippen molar-refractivity contribution in [3.8, 4) is 5.75 Å². The van der Waals surface area contributed by atoms with E-state index in [4.69, 9.17) is 4.74 Å². The summed E-state index contributed by atoms with van der Waals surface area (Å²) < 4.78 is 18.0. The predicted octanol–water partition coefficient (Wildman–Crippen LogP) is 1.07. The molecule has 98 valence electrons. The van der Waals surface area contributed by atoms with Gasteiger partial charge < -0.3 is 15.4 Å². The molecule has 1 unspecified atom stereocenters. The van der Waals surface area contributed by atoms with Crippen LogP contribution in [0.4, 0.5) is 4.39 Å². The first-order valence-corrected chi connectivity index (χ1v) is 6.12. The van der Waals surface area contributed by atoms with E-state index < -0.39 is 0 Å². The van der Waals surface area contributed by atoms with Gasteiger partial charge in [-0.05, 0) is 37.2 Å². The zero-order valence-electron chi connectivity index (χ0n) is 10.1. The van der Waals surface area contributed by atoms with Gasteiger partial charge in [-0.15, -0.1) is 0 Å². The number of halogens is 1. The van der Waals surface area contributed by atoms with Crippen molar-refractivity contribution < 1.29 is 13.9 Å². The molecule has 1 aliphatic heterocycles. The molecule has 0 bridgehead atoms. The molecule has 1 fully saturated rings. The number of rotatable bonds is 5. The maximum Gasteiger partial charge on any atom is 0.223 e. The Labute approximate surface area is 106 Å². The fourth-order valence-corrected chi connectivity index (χ4v) is 1.87. The number of nitrogens with one attached hydrogen (secondary N) is 2. The lowest BCUT2D eigenvalue weighted by atomic mass is 10.2. The minimum absolute atomic E-state index is 0.00851. The molecule has 0 spiro atoms. The number of hydrogen-bond acceptors (Lipinski definition) is 3. The van der Waals surface area contributed by atoms with Crippen molar-refractivity contribution in [3.05, 3.63) is 30.1 Å². The fourth-order valence-electron chi connectivity index (χ4n) is 1.87. The standard InChI is InChI=1S/C13H17FN2O2/c14-10-1-3-12(4-2-10)18-8-6-13(17)16-11-5-7-15-9-11/h1-4,11,15H,5-9H2,(H,16,17). The van der Waals surface area contributed by atoms with Crippen LogP contribution in [0.1, 0.15) is 12.8 Å². The molecular formula is C13H17FN2O2. The fraction of sp³-hybridized carbons (Fsp3) is 0.462. The minimum Gasteiger partial charge on any atom is -0.493 e. The van der Waals surface area contributed by atoms with E-state index in [2.05, 4.69) is 10.6 Å². The Bertz CT molecular complexity index is 388. The van der Waals surface area contributed by atoms with E-state index in [9.17, 15) is 9.18 Å². The van der Waals surface area contributed by atoms with Crippen LogP contribution in [0.2, 0.25) is 0 Å². The molecule has 5 heteroatoms. The summed E-state index contributed by atoms with van der Waals surface area (Å²) in [6, 6.07) is 6.00. The van der Waals surface area contributed by atoms with E-state index >= 15 is 0 Å². The summed E-state index contributed by atoms with van der Waals surface area (Å²) in [5.74, 6) is 0.270. The van der Waals surface area contributed by atoms with Crippen LogP contribution in [-0.2, 0) is 4.79 Å². The molecule has 4 nitrogen and oxygen atoms in total. The second-order valence-electron chi connectivity index (χ2n) is 4.31. The van der Waals surface area contributed by atoms with E-state index in [1.165, 1.54) is 12.1 Å². The Morgan fingerprint density at radius 2 is 2.22 bits per heavy atom. The summed E-state index contributed by atoms with van der Waals surface area (Å²) in [5, 5.41) is 6.12. The molecule has 1 heterocycles. The van der Waals surface area contributed by atoms with Gasteiger partial charge in [-0.1, -0.05) is 0 Å². The van der Waals surface area contributed by atoms with Gasteiger partial charge in [0, 0.05) is 12.6 Å². The molecule has 0 saturated carbocycles. The number of carbonyl (C=O) groups excluding carboxylic acids is 1. The quantitative estimate of drug-likeness (QED) is 0.824. The maximum absolute atomic E-state index is 12.6. The normalized spacial score (nSPS) is 18.6. The average Bonchev–Trinajstić information content (AvgIpc) is 2.84. The Balaban J connectivity index is 1.65. The molecule has 1 aromatic carbocycles. The van der Waals surface area contributed by atoms with Crippen LogP contribution in [0, 0.1) is 5.82 Å². The third kappa shape index (κ3) is 4.00. The van der Waals surface area contributed by atoms with Crippen LogP contribution in [0.5, 0.6) is 5.75 Å².